The summed E-state index contributed by atoms with van der Waals surface area (Å²) in [6.45, 7) is 2.01. The van der Waals surface area contributed by atoms with Gasteiger partial charge in [-0.15, -0.1) is 0 Å². The molecule has 1 amide bonds. The summed E-state index contributed by atoms with van der Waals surface area (Å²) >= 11 is 0. The van der Waals surface area contributed by atoms with Gasteiger partial charge in [0.2, 0.25) is 0 Å². The Morgan fingerprint density at radius 2 is 2.03 bits per heavy atom. The van der Waals surface area contributed by atoms with Gasteiger partial charge in [0.05, 0.1) is 25.2 Å². The van der Waals surface area contributed by atoms with Crippen molar-refractivity contribution in [3.8, 4) is 5.75 Å². The van der Waals surface area contributed by atoms with Crippen LogP contribution in [0.1, 0.15) is 30.1 Å². The van der Waals surface area contributed by atoms with Crippen molar-refractivity contribution in [2.75, 3.05) is 31.7 Å². The maximum absolute atomic E-state index is 12.9. The fourth-order valence-electron chi connectivity index (χ4n) is 3.44. The topological polar surface area (TPSA) is 74.7 Å². The van der Waals surface area contributed by atoms with E-state index in [-0.39, 0.29) is 44.5 Å². The summed E-state index contributed by atoms with van der Waals surface area (Å²) in [5, 5.41) is 12.5. The first-order chi connectivity index (χ1) is 13.7. The lowest BCUT2D eigenvalue weighted by atomic mass is 9.96. The molecule has 1 atom stereocenters. The largest absolute Gasteiger partial charge is 0.496 e. The number of alkyl halides is 3. The number of ether oxygens (including phenoxy) is 1. The van der Waals surface area contributed by atoms with Crippen LogP contribution in [0, 0.1) is 5.92 Å². The monoisotopic (exact) mass is 411 g/mol. The molecule has 0 radical (unpaired) electrons. The van der Waals surface area contributed by atoms with Gasteiger partial charge in [-0.3, -0.25) is 4.79 Å². The Hall–Kier alpha value is -2.55. The Labute approximate surface area is 166 Å². The lowest BCUT2D eigenvalue weighted by Gasteiger charge is -2.33. The Morgan fingerprint density at radius 1 is 1.34 bits per heavy atom. The number of aliphatic hydroxyl groups excluding tert-OH is 1. The number of nitrogens with one attached hydrogen (secondary N) is 1. The molecule has 2 aromatic rings. The summed E-state index contributed by atoms with van der Waals surface area (Å²) in [6, 6.07) is 6.30. The first kappa shape index (κ1) is 21.2. The van der Waals surface area contributed by atoms with Crippen LogP contribution >= 0.6 is 0 Å². The van der Waals surface area contributed by atoms with Crippen molar-refractivity contribution in [2.45, 2.75) is 32.0 Å². The van der Waals surface area contributed by atoms with Crippen LogP contribution in [0.5, 0.6) is 5.75 Å². The summed E-state index contributed by atoms with van der Waals surface area (Å²) in [4.78, 5) is 18.7. The van der Waals surface area contributed by atoms with Crippen LogP contribution in [0.25, 0.3) is 10.9 Å². The number of pyridine rings is 1. The fraction of sp³-hybridized carbons (Fsp3) is 0.500. The Balaban J connectivity index is 1.88. The lowest BCUT2D eigenvalue weighted by Crippen LogP contribution is -2.39. The molecule has 3 rings (SSSR count). The minimum atomic E-state index is -4.17. The molecule has 1 unspecified atom stereocenters. The molecule has 2 N–H and O–H groups in total. The van der Waals surface area contributed by atoms with E-state index in [1.165, 1.54) is 7.11 Å². The standard InChI is InChI=1S/C20H24F3N3O3/c1-12(11-27)24-19(28)13-3-4-15-16(9-13)25-18(10-17(15)29-2)26-7-5-14(6-8-26)20(21,22)23/h3-4,9-10,12,14,27H,5-8,11H2,1-2H3,(H,24,28). The maximum atomic E-state index is 12.9. The van der Waals surface area contributed by atoms with Gasteiger partial charge in [0.25, 0.3) is 5.91 Å². The molecule has 0 spiro atoms. The van der Waals surface area contributed by atoms with Crippen LogP contribution in [0.3, 0.4) is 0 Å². The normalized spacial score (nSPS) is 16.7. The molecule has 2 heterocycles. The number of methoxy groups -OCH3 is 1. The first-order valence-corrected chi connectivity index (χ1v) is 9.45. The molecule has 6 nitrogen and oxygen atoms in total. The van der Waals surface area contributed by atoms with Crippen molar-refractivity contribution in [3.05, 3.63) is 29.8 Å². The van der Waals surface area contributed by atoms with Crippen molar-refractivity contribution in [1.82, 2.24) is 10.3 Å². The zero-order valence-corrected chi connectivity index (χ0v) is 16.3. The van der Waals surface area contributed by atoms with Crippen molar-refractivity contribution < 1.29 is 27.8 Å². The molecule has 158 valence electrons. The number of rotatable bonds is 5. The van der Waals surface area contributed by atoms with Crippen molar-refractivity contribution in [3.63, 3.8) is 0 Å². The smallest absolute Gasteiger partial charge is 0.391 e. The van der Waals surface area contributed by atoms with E-state index in [1.807, 2.05) is 4.90 Å². The van der Waals surface area contributed by atoms with Crippen molar-refractivity contribution in [1.29, 1.82) is 0 Å². The number of benzene rings is 1. The van der Waals surface area contributed by atoms with Gasteiger partial charge in [-0.25, -0.2) is 4.98 Å². The first-order valence-electron chi connectivity index (χ1n) is 9.45. The van der Waals surface area contributed by atoms with E-state index in [9.17, 15) is 18.0 Å². The second kappa shape index (κ2) is 8.44. The van der Waals surface area contributed by atoms with E-state index in [0.717, 1.165) is 0 Å². The molecule has 0 aliphatic carbocycles. The highest BCUT2D eigenvalue weighted by Gasteiger charge is 2.41. The predicted molar refractivity (Wildman–Crippen MR) is 103 cm³/mol. The van der Waals surface area contributed by atoms with Crippen LogP contribution in [0.15, 0.2) is 24.3 Å². The number of aliphatic hydroxyl groups is 1. The van der Waals surface area contributed by atoms with E-state index in [1.54, 1.807) is 31.2 Å². The van der Waals surface area contributed by atoms with E-state index >= 15 is 0 Å². The van der Waals surface area contributed by atoms with Gasteiger partial charge in [-0.2, -0.15) is 13.2 Å². The quantitative estimate of drug-likeness (QED) is 0.791. The van der Waals surface area contributed by atoms with Gasteiger partial charge < -0.3 is 20.1 Å². The molecular weight excluding hydrogens is 387 g/mol. The second-order valence-electron chi connectivity index (χ2n) is 7.27. The predicted octanol–water partition coefficient (Wildman–Crippen LogP) is 3.13. The third-order valence-electron chi connectivity index (χ3n) is 5.17. The van der Waals surface area contributed by atoms with E-state index in [4.69, 9.17) is 9.84 Å². The molecule has 9 heteroatoms. The average Bonchev–Trinajstić information content (AvgIpc) is 2.71. The number of anilines is 1. The summed E-state index contributed by atoms with van der Waals surface area (Å²) in [5.74, 6) is -0.564. The summed E-state index contributed by atoms with van der Waals surface area (Å²) in [5.41, 5.74) is 0.891. The minimum absolute atomic E-state index is 0.0209. The summed E-state index contributed by atoms with van der Waals surface area (Å²) in [7, 11) is 1.51. The fourth-order valence-corrected chi connectivity index (χ4v) is 3.44. The molecule has 29 heavy (non-hydrogen) atoms. The number of nitrogens with zero attached hydrogens (tertiary/aromatic N) is 2. The van der Waals surface area contributed by atoms with Crippen LogP contribution in [-0.4, -0.2) is 55.0 Å². The molecule has 1 aliphatic heterocycles. The van der Waals surface area contributed by atoms with Crippen molar-refractivity contribution >= 4 is 22.6 Å². The highest BCUT2D eigenvalue weighted by molar-refractivity contribution is 5.99. The molecule has 1 saturated heterocycles. The Kier molecular flexibility index (Phi) is 6.16. The lowest BCUT2D eigenvalue weighted by molar-refractivity contribution is -0.179. The minimum Gasteiger partial charge on any atom is -0.496 e. The van der Waals surface area contributed by atoms with Gasteiger partial charge in [0.1, 0.15) is 11.6 Å². The van der Waals surface area contributed by atoms with Gasteiger partial charge in [-0.1, -0.05) is 0 Å². The molecule has 1 aromatic carbocycles. The van der Waals surface area contributed by atoms with Gasteiger partial charge in [0.15, 0.2) is 0 Å². The highest BCUT2D eigenvalue weighted by atomic mass is 19.4. The van der Waals surface area contributed by atoms with Gasteiger partial charge in [-0.05, 0) is 38.0 Å². The third kappa shape index (κ3) is 4.72. The van der Waals surface area contributed by atoms with Gasteiger partial charge >= 0.3 is 6.18 Å². The van der Waals surface area contributed by atoms with Crippen LogP contribution in [-0.2, 0) is 0 Å². The number of hydrogen-bond donors (Lipinski definition) is 2. The molecule has 1 aromatic heterocycles. The average molecular weight is 411 g/mol. The number of amides is 1. The third-order valence-corrected chi connectivity index (χ3v) is 5.17. The van der Waals surface area contributed by atoms with Gasteiger partial charge in [0, 0.05) is 36.1 Å². The number of carbonyl (C=O) groups is 1. The molecule has 0 saturated carbocycles. The second-order valence-corrected chi connectivity index (χ2v) is 7.27. The number of piperidine rings is 1. The van der Waals surface area contributed by atoms with E-state index in [2.05, 4.69) is 10.3 Å². The Morgan fingerprint density at radius 3 is 2.62 bits per heavy atom. The number of aromatic nitrogens is 1. The zero-order valence-electron chi connectivity index (χ0n) is 16.3. The van der Waals surface area contributed by atoms with Crippen molar-refractivity contribution in [2.24, 2.45) is 5.92 Å². The SMILES string of the molecule is COc1cc(N2CCC(C(F)(F)F)CC2)nc2cc(C(=O)NC(C)CO)ccc12. The number of carbonyl (C=O) groups excluding carboxylic acids is 1. The van der Waals surface area contributed by atoms with Crippen LogP contribution in [0.2, 0.25) is 0 Å². The maximum Gasteiger partial charge on any atom is 0.391 e. The van der Waals surface area contributed by atoms with E-state index < -0.39 is 12.1 Å². The molecule has 1 aliphatic rings. The number of halogens is 3. The molecule has 1 fully saturated rings. The zero-order chi connectivity index (χ0) is 21.2. The van der Waals surface area contributed by atoms with Crippen LogP contribution in [0.4, 0.5) is 19.0 Å². The summed E-state index contributed by atoms with van der Waals surface area (Å²) in [6.07, 6.45) is -4.13. The number of fused-ring (bicyclic) bond motifs is 1. The molecule has 0 bridgehead atoms. The molecular formula is C20H24F3N3O3. The highest BCUT2D eigenvalue weighted by Crippen LogP contribution is 2.36. The summed E-state index contributed by atoms with van der Waals surface area (Å²) < 4.78 is 44.2. The van der Waals surface area contributed by atoms with Crippen LogP contribution < -0.4 is 15.0 Å². The van der Waals surface area contributed by atoms with E-state index in [0.29, 0.717) is 28.0 Å². The number of hydrogen-bond acceptors (Lipinski definition) is 5. The Bertz CT molecular complexity index is 880.